The van der Waals surface area contributed by atoms with E-state index in [0.29, 0.717) is 0 Å². The van der Waals surface area contributed by atoms with Crippen molar-refractivity contribution >= 4 is 23.1 Å². The van der Waals surface area contributed by atoms with E-state index < -0.39 is 0 Å². The highest BCUT2D eigenvalue weighted by molar-refractivity contribution is 7.99. The van der Waals surface area contributed by atoms with Crippen LogP contribution in [0.3, 0.4) is 0 Å². The molecule has 1 aromatic rings. The van der Waals surface area contributed by atoms with Gasteiger partial charge >= 0.3 is 0 Å². The average Bonchev–Trinajstić information content (AvgIpc) is 2.64. The highest BCUT2D eigenvalue weighted by Crippen LogP contribution is 2.14. The summed E-state index contributed by atoms with van der Waals surface area (Å²) in [5.74, 6) is 2.83. The van der Waals surface area contributed by atoms with Crippen molar-refractivity contribution in [2.75, 3.05) is 11.5 Å². The van der Waals surface area contributed by atoms with Crippen LogP contribution in [0.4, 0.5) is 0 Å². The second-order valence-electron chi connectivity index (χ2n) is 2.47. The molecule has 0 radical (unpaired) electrons. The molecule has 11 heavy (non-hydrogen) atoms. The molecule has 1 aliphatic rings. The fourth-order valence-electron chi connectivity index (χ4n) is 0.914. The van der Waals surface area contributed by atoms with Gasteiger partial charge in [0.05, 0.1) is 0 Å². The summed E-state index contributed by atoms with van der Waals surface area (Å²) in [7, 11) is 0. The largest absolute Gasteiger partial charge is 0.162 e. The Labute approximate surface area is 77.0 Å². The highest BCUT2D eigenvalue weighted by Gasteiger charge is 1.95. The Morgan fingerprint density at radius 2 is 1.45 bits per heavy atom. The van der Waals surface area contributed by atoms with Crippen molar-refractivity contribution in [2.24, 2.45) is 0 Å². The SMILES string of the molecule is C1CCSCC1.c1ccsc1. The quantitative estimate of drug-likeness (QED) is 0.596. The Balaban J connectivity index is 0.000000112. The van der Waals surface area contributed by atoms with E-state index in [1.165, 1.54) is 30.8 Å². The fraction of sp³-hybridized carbons (Fsp3) is 0.556. The third-order valence-electron chi connectivity index (χ3n) is 1.50. The molecule has 1 saturated heterocycles. The molecule has 2 heterocycles. The zero-order chi connectivity index (χ0) is 7.78. The van der Waals surface area contributed by atoms with Gasteiger partial charge in [-0.15, -0.1) is 0 Å². The molecule has 0 saturated carbocycles. The van der Waals surface area contributed by atoms with Crippen LogP contribution in [0.1, 0.15) is 19.3 Å². The van der Waals surface area contributed by atoms with Gasteiger partial charge in [0.25, 0.3) is 0 Å². The van der Waals surface area contributed by atoms with Crippen molar-refractivity contribution in [3.63, 3.8) is 0 Å². The Kier molecular flexibility index (Phi) is 5.60. The normalized spacial score (nSPS) is 16.7. The Morgan fingerprint density at radius 3 is 1.64 bits per heavy atom. The second-order valence-corrected chi connectivity index (χ2v) is 4.51. The van der Waals surface area contributed by atoms with Gasteiger partial charge in [0.15, 0.2) is 0 Å². The van der Waals surface area contributed by atoms with Crippen LogP contribution in [0.2, 0.25) is 0 Å². The minimum atomic E-state index is 1.42. The van der Waals surface area contributed by atoms with Gasteiger partial charge in [-0.2, -0.15) is 23.1 Å². The molecular weight excluding hydrogens is 172 g/mol. The van der Waals surface area contributed by atoms with Gasteiger partial charge in [-0.1, -0.05) is 18.6 Å². The number of rotatable bonds is 0. The summed E-state index contributed by atoms with van der Waals surface area (Å²) < 4.78 is 0. The van der Waals surface area contributed by atoms with Crippen molar-refractivity contribution in [2.45, 2.75) is 19.3 Å². The molecule has 0 atom stereocenters. The zero-order valence-electron chi connectivity index (χ0n) is 6.66. The molecule has 0 N–H and O–H groups in total. The maximum Gasteiger partial charge on any atom is -0.00675 e. The first-order chi connectivity index (χ1) is 5.50. The van der Waals surface area contributed by atoms with Gasteiger partial charge in [-0.3, -0.25) is 0 Å². The van der Waals surface area contributed by atoms with Crippen LogP contribution in [0.25, 0.3) is 0 Å². The van der Waals surface area contributed by atoms with Crippen molar-refractivity contribution < 1.29 is 0 Å². The summed E-state index contributed by atoms with van der Waals surface area (Å²) in [5.41, 5.74) is 0. The van der Waals surface area contributed by atoms with Gasteiger partial charge < -0.3 is 0 Å². The van der Waals surface area contributed by atoms with E-state index in [0.717, 1.165) is 0 Å². The maximum absolute atomic E-state index is 2.09. The molecular formula is C9H14S2. The highest BCUT2D eigenvalue weighted by atomic mass is 32.2. The zero-order valence-corrected chi connectivity index (χ0v) is 8.29. The van der Waals surface area contributed by atoms with Crippen LogP contribution >= 0.6 is 23.1 Å². The monoisotopic (exact) mass is 186 g/mol. The molecule has 0 unspecified atom stereocenters. The molecule has 0 aromatic carbocycles. The summed E-state index contributed by atoms with van der Waals surface area (Å²) in [5, 5.41) is 4.08. The number of thioether (sulfide) groups is 1. The summed E-state index contributed by atoms with van der Waals surface area (Å²) in [6, 6.07) is 4.04. The fourth-order valence-corrected chi connectivity index (χ4v) is 2.39. The summed E-state index contributed by atoms with van der Waals surface area (Å²) in [6.45, 7) is 0. The van der Waals surface area contributed by atoms with Crippen molar-refractivity contribution in [3.05, 3.63) is 22.9 Å². The molecule has 2 heteroatoms. The predicted octanol–water partition coefficient (Wildman–Crippen LogP) is 3.65. The van der Waals surface area contributed by atoms with Crippen molar-refractivity contribution in [1.82, 2.24) is 0 Å². The number of hydrogen-bond acceptors (Lipinski definition) is 2. The lowest BCUT2D eigenvalue weighted by Gasteiger charge is -2.05. The molecule has 0 nitrogen and oxygen atoms in total. The van der Waals surface area contributed by atoms with Gasteiger partial charge in [0.2, 0.25) is 0 Å². The van der Waals surface area contributed by atoms with Crippen LogP contribution in [-0.4, -0.2) is 11.5 Å². The van der Waals surface area contributed by atoms with Crippen LogP contribution in [0, 0.1) is 0 Å². The van der Waals surface area contributed by atoms with E-state index in [-0.39, 0.29) is 0 Å². The van der Waals surface area contributed by atoms with Crippen LogP contribution in [-0.2, 0) is 0 Å². The Hall–Kier alpha value is 0.0500. The van der Waals surface area contributed by atoms with E-state index in [2.05, 4.69) is 11.8 Å². The smallest absolute Gasteiger partial charge is 0.00675 e. The standard InChI is InChI=1S/C5H10S.C4H4S/c1-2-4-6-5-3-1;1-2-4-5-3-1/h1-5H2;1-4H. The van der Waals surface area contributed by atoms with Gasteiger partial charge in [0, 0.05) is 0 Å². The first kappa shape index (κ1) is 9.14. The maximum atomic E-state index is 2.09. The van der Waals surface area contributed by atoms with E-state index in [4.69, 9.17) is 0 Å². The molecule has 0 spiro atoms. The lowest BCUT2D eigenvalue weighted by molar-refractivity contribution is 0.764. The first-order valence-electron chi connectivity index (χ1n) is 4.05. The number of hydrogen-bond donors (Lipinski definition) is 0. The molecule has 1 aliphatic heterocycles. The lowest BCUT2D eigenvalue weighted by Crippen LogP contribution is -1.91. The van der Waals surface area contributed by atoms with E-state index in [1.54, 1.807) is 11.3 Å². The second kappa shape index (κ2) is 6.74. The van der Waals surface area contributed by atoms with Gasteiger partial charge in [-0.25, -0.2) is 0 Å². The summed E-state index contributed by atoms with van der Waals surface area (Å²) in [6.07, 6.45) is 4.41. The molecule has 0 bridgehead atoms. The molecule has 62 valence electrons. The number of thiophene rings is 1. The van der Waals surface area contributed by atoms with Crippen LogP contribution in [0.5, 0.6) is 0 Å². The average molecular weight is 186 g/mol. The van der Waals surface area contributed by atoms with Crippen molar-refractivity contribution in [3.8, 4) is 0 Å². The minimum Gasteiger partial charge on any atom is -0.162 e. The first-order valence-corrected chi connectivity index (χ1v) is 6.15. The summed E-state index contributed by atoms with van der Waals surface area (Å²) >= 11 is 3.81. The molecule has 0 amide bonds. The summed E-state index contributed by atoms with van der Waals surface area (Å²) in [4.78, 5) is 0. The van der Waals surface area contributed by atoms with Gasteiger partial charge in [-0.05, 0) is 35.1 Å². The molecule has 1 fully saturated rings. The Bertz CT molecular complexity index is 114. The van der Waals surface area contributed by atoms with E-state index >= 15 is 0 Å². The molecule has 2 rings (SSSR count). The molecule has 1 aromatic heterocycles. The topological polar surface area (TPSA) is 0 Å². The minimum absolute atomic E-state index is 1.42. The van der Waals surface area contributed by atoms with Gasteiger partial charge in [0.1, 0.15) is 0 Å². The third-order valence-corrected chi connectivity index (χ3v) is 3.29. The lowest BCUT2D eigenvalue weighted by atomic mass is 10.3. The van der Waals surface area contributed by atoms with E-state index in [9.17, 15) is 0 Å². The predicted molar refractivity (Wildman–Crippen MR) is 55.5 cm³/mol. The van der Waals surface area contributed by atoms with E-state index in [1.807, 2.05) is 22.9 Å². The van der Waals surface area contributed by atoms with Crippen LogP contribution < -0.4 is 0 Å². The molecule has 0 aliphatic carbocycles. The Morgan fingerprint density at radius 1 is 0.818 bits per heavy atom. The van der Waals surface area contributed by atoms with Crippen molar-refractivity contribution in [1.29, 1.82) is 0 Å². The third kappa shape index (κ3) is 5.33. The van der Waals surface area contributed by atoms with Crippen LogP contribution in [0.15, 0.2) is 22.9 Å².